The lowest BCUT2D eigenvalue weighted by molar-refractivity contribution is 0.174. The number of nitrogens with one attached hydrogen (secondary N) is 1. The van der Waals surface area contributed by atoms with Crippen molar-refractivity contribution in [2.45, 2.75) is 0 Å². The molecular weight excluding hydrogens is 288 g/mol. The van der Waals surface area contributed by atoms with E-state index in [4.69, 9.17) is 20.0 Å². The topological polar surface area (TPSA) is 91.0 Å². The molecule has 1 N–H and O–H groups in total. The highest BCUT2D eigenvalue weighted by Gasteiger charge is 2.14. The van der Waals surface area contributed by atoms with Crippen molar-refractivity contribution in [3.05, 3.63) is 35.4 Å². The summed E-state index contributed by atoms with van der Waals surface area (Å²) in [4.78, 5) is 4.39. The van der Waals surface area contributed by atoms with Crippen LogP contribution in [0.1, 0.15) is 0 Å². The minimum atomic E-state index is -0.00479. The summed E-state index contributed by atoms with van der Waals surface area (Å²) in [5, 5.41) is 22.6. The van der Waals surface area contributed by atoms with Gasteiger partial charge in [0.05, 0.1) is 5.69 Å². The van der Waals surface area contributed by atoms with Crippen LogP contribution >= 0.6 is 11.3 Å². The van der Waals surface area contributed by atoms with E-state index in [0.717, 1.165) is 17.0 Å². The zero-order valence-electron chi connectivity index (χ0n) is 10.7. The van der Waals surface area contributed by atoms with Crippen LogP contribution in [0.5, 0.6) is 11.5 Å². The summed E-state index contributed by atoms with van der Waals surface area (Å²) in [7, 11) is 0. The Morgan fingerprint density at radius 3 is 2.90 bits per heavy atom. The van der Waals surface area contributed by atoms with Gasteiger partial charge in [0, 0.05) is 17.1 Å². The number of anilines is 1. The van der Waals surface area contributed by atoms with Crippen LogP contribution in [0.4, 0.5) is 5.13 Å². The van der Waals surface area contributed by atoms with Gasteiger partial charge in [0.2, 0.25) is 6.79 Å². The number of hydrogen-bond donors (Lipinski definition) is 1. The van der Waals surface area contributed by atoms with Gasteiger partial charge in [0.1, 0.15) is 17.7 Å². The number of aromatic nitrogens is 1. The van der Waals surface area contributed by atoms with Gasteiger partial charge in [-0.3, -0.25) is 0 Å². The van der Waals surface area contributed by atoms with Crippen molar-refractivity contribution in [1.82, 2.24) is 4.98 Å². The van der Waals surface area contributed by atoms with Crippen LogP contribution in [0.3, 0.4) is 0 Å². The molecular formula is C14H8N4O2S. The van der Waals surface area contributed by atoms with Crippen molar-refractivity contribution in [1.29, 1.82) is 10.5 Å². The number of ether oxygens (including phenoxy) is 2. The summed E-state index contributed by atoms with van der Waals surface area (Å²) in [6.07, 6.45) is 1.34. The van der Waals surface area contributed by atoms with Gasteiger partial charge in [-0.15, -0.1) is 11.3 Å². The minimum absolute atomic E-state index is 0.00479. The lowest BCUT2D eigenvalue weighted by Crippen LogP contribution is -1.92. The van der Waals surface area contributed by atoms with Crippen molar-refractivity contribution >= 4 is 16.5 Å². The highest BCUT2D eigenvalue weighted by atomic mass is 32.1. The van der Waals surface area contributed by atoms with Crippen molar-refractivity contribution in [2.24, 2.45) is 0 Å². The number of nitriles is 2. The Morgan fingerprint density at radius 2 is 2.10 bits per heavy atom. The van der Waals surface area contributed by atoms with Crippen LogP contribution in [-0.2, 0) is 0 Å². The second kappa shape index (κ2) is 5.53. The van der Waals surface area contributed by atoms with Crippen molar-refractivity contribution in [2.75, 3.05) is 12.1 Å². The first-order valence-corrected chi connectivity index (χ1v) is 6.80. The summed E-state index contributed by atoms with van der Waals surface area (Å²) in [5.41, 5.74) is 1.69. The van der Waals surface area contributed by atoms with Gasteiger partial charge in [0.15, 0.2) is 16.6 Å². The van der Waals surface area contributed by atoms with E-state index in [1.807, 2.05) is 23.6 Å². The van der Waals surface area contributed by atoms with Gasteiger partial charge in [-0.2, -0.15) is 10.5 Å². The molecule has 0 amide bonds. The Labute approximate surface area is 124 Å². The third-order valence-electron chi connectivity index (χ3n) is 2.75. The van der Waals surface area contributed by atoms with Crippen LogP contribution in [-0.4, -0.2) is 11.8 Å². The molecule has 1 aromatic heterocycles. The number of thiazole rings is 1. The fraction of sp³-hybridized carbons (Fsp3) is 0.0714. The van der Waals surface area contributed by atoms with E-state index in [9.17, 15) is 0 Å². The minimum Gasteiger partial charge on any atom is -0.454 e. The lowest BCUT2D eigenvalue weighted by atomic mass is 10.1. The molecule has 0 spiro atoms. The zero-order valence-corrected chi connectivity index (χ0v) is 11.5. The Kier molecular flexibility index (Phi) is 3.42. The Morgan fingerprint density at radius 1 is 1.29 bits per heavy atom. The number of fused-ring (bicyclic) bond motifs is 1. The zero-order chi connectivity index (χ0) is 14.7. The maximum absolute atomic E-state index is 8.65. The molecule has 2 aromatic rings. The quantitative estimate of drug-likeness (QED) is 0.876. The Bertz CT molecular complexity index is 782. The first-order chi connectivity index (χ1) is 10.3. The number of allylic oxidation sites excluding steroid dienone is 1. The molecule has 1 aromatic carbocycles. The van der Waals surface area contributed by atoms with Gasteiger partial charge >= 0.3 is 0 Å². The number of nitrogens with zero attached hydrogens (tertiary/aromatic N) is 3. The smallest absolute Gasteiger partial charge is 0.231 e. The van der Waals surface area contributed by atoms with E-state index >= 15 is 0 Å². The molecule has 1 aliphatic heterocycles. The van der Waals surface area contributed by atoms with Gasteiger partial charge in [0.25, 0.3) is 0 Å². The molecule has 0 bridgehead atoms. The largest absolute Gasteiger partial charge is 0.454 e. The van der Waals surface area contributed by atoms with Crippen LogP contribution in [0.25, 0.3) is 11.3 Å². The molecule has 0 unspecified atom stereocenters. The predicted molar refractivity (Wildman–Crippen MR) is 76.6 cm³/mol. The average molecular weight is 296 g/mol. The summed E-state index contributed by atoms with van der Waals surface area (Å²) in [6.45, 7) is 0.235. The summed E-state index contributed by atoms with van der Waals surface area (Å²) >= 11 is 1.38. The maximum Gasteiger partial charge on any atom is 0.231 e. The first-order valence-electron chi connectivity index (χ1n) is 5.92. The molecule has 6 nitrogen and oxygen atoms in total. The van der Waals surface area contributed by atoms with E-state index in [1.165, 1.54) is 17.5 Å². The normalized spacial score (nSPS) is 11.3. The third kappa shape index (κ3) is 2.64. The predicted octanol–water partition coefficient (Wildman–Crippen LogP) is 2.88. The second-order valence-corrected chi connectivity index (χ2v) is 4.89. The standard InChI is InChI=1S/C14H8N4O2S/c15-4-9(5-16)6-17-14-18-11(7-21-14)10-1-2-12-13(3-10)20-8-19-12/h1-3,6-7H,8H2,(H,17,18). The fourth-order valence-corrected chi connectivity index (χ4v) is 2.44. The highest BCUT2D eigenvalue weighted by Crippen LogP contribution is 2.36. The van der Waals surface area contributed by atoms with E-state index in [-0.39, 0.29) is 12.4 Å². The first kappa shape index (κ1) is 13.0. The molecule has 0 saturated carbocycles. The molecule has 3 rings (SSSR count). The lowest BCUT2D eigenvalue weighted by Gasteiger charge is -1.99. The third-order valence-corrected chi connectivity index (χ3v) is 3.53. The van der Waals surface area contributed by atoms with Gasteiger partial charge in [-0.05, 0) is 18.2 Å². The van der Waals surface area contributed by atoms with Crippen LogP contribution in [0, 0.1) is 22.7 Å². The molecule has 0 atom stereocenters. The molecule has 0 fully saturated rings. The van der Waals surface area contributed by atoms with E-state index in [2.05, 4.69) is 10.3 Å². The molecule has 1 aliphatic rings. The summed E-state index contributed by atoms with van der Waals surface area (Å²) < 4.78 is 10.6. The Hall–Kier alpha value is -3.03. The van der Waals surface area contributed by atoms with Gasteiger partial charge in [-0.25, -0.2) is 4.98 Å². The second-order valence-electron chi connectivity index (χ2n) is 4.03. The molecule has 2 heterocycles. The van der Waals surface area contributed by atoms with Crippen molar-refractivity contribution in [3.63, 3.8) is 0 Å². The van der Waals surface area contributed by atoms with Crippen LogP contribution in [0.2, 0.25) is 0 Å². The van der Waals surface area contributed by atoms with Crippen LogP contribution in [0.15, 0.2) is 35.4 Å². The number of hydrogen-bond acceptors (Lipinski definition) is 7. The summed E-state index contributed by atoms with van der Waals surface area (Å²) in [5.74, 6) is 1.43. The molecule has 7 heteroatoms. The molecule has 0 saturated heterocycles. The SMILES string of the molecule is N#CC(C#N)=CNc1nc(-c2ccc3c(c2)OCO3)cs1. The molecule has 0 radical (unpaired) electrons. The van der Waals surface area contributed by atoms with Gasteiger partial charge in [-0.1, -0.05) is 0 Å². The van der Waals surface area contributed by atoms with Gasteiger partial charge < -0.3 is 14.8 Å². The maximum atomic E-state index is 8.65. The van der Waals surface area contributed by atoms with Crippen LogP contribution < -0.4 is 14.8 Å². The number of benzene rings is 1. The van der Waals surface area contributed by atoms with Crippen molar-refractivity contribution in [3.8, 4) is 34.9 Å². The number of rotatable bonds is 3. The summed E-state index contributed by atoms with van der Waals surface area (Å²) in [6, 6.07) is 9.16. The Balaban J connectivity index is 1.81. The average Bonchev–Trinajstić information content (AvgIpc) is 3.16. The molecule has 21 heavy (non-hydrogen) atoms. The van der Waals surface area contributed by atoms with E-state index in [0.29, 0.717) is 10.9 Å². The van der Waals surface area contributed by atoms with E-state index in [1.54, 1.807) is 12.1 Å². The molecule has 102 valence electrons. The monoisotopic (exact) mass is 296 g/mol. The van der Waals surface area contributed by atoms with E-state index < -0.39 is 0 Å². The highest BCUT2D eigenvalue weighted by molar-refractivity contribution is 7.14. The molecule has 0 aliphatic carbocycles. The fourth-order valence-electron chi connectivity index (χ4n) is 1.75. The van der Waals surface area contributed by atoms with Crippen molar-refractivity contribution < 1.29 is 9.47 Å².